The maximum absolute atomic E-state index is 10.6. The Hall–Kier alpha value is -0.780. The maximum atomic E-state index is 10.6. The molecule has 0 radical (unpaired) electrons. The van der Waals surface area contributed by atoms with Crippen molar-refractivity contribution in [2.24, 2.45) is 4.52 Å². The lowest BCUT2D eigenvalue weighted by Gasteiger charge is -1.97. The standard InChI is InChI=1S/C4H10N4O2S/c1-2-3-4-6-11(9,10)8-7-5/h6H,2-4H2,1H3. The first kappa shape index (κ1) is 10.2. The normalized spacial score (nSPS) is 10.6. The first-order valence-electron chi connectivity index (χ1n) is 3.18. The van der Waals surface area contributed by atoms with Gasteiger partial charge in [0.25, 0.3) is 10.2 Å². The highest BCUT2D eigenvalue weighted by molar-refractivity contribution is 7.88. The Morgan fingerprint density at radius 2 is 2.27 bits per heavy atom. The molecule has 0 heterocycles. The molecule has 0 saturated heterocycles. The van der Waals surface area contributed by atoms with E-state index in [0.717, 1.165) is 12.8 Å². The van der Waals surface area contributed by atoms with Crippen LogP contribution in [0.15, 0.2) is 4.52 Å². The Balaban J connectivity index is 3.84. The fraction of sp³-hybridized carbons (Fsp3) is 1.00. The van der Waals surface area contributed by atoms with Gasteiger partial charge in [-0.25, -0.2) is 13.1 Å². The predicted molar refractivity (Wildman–Crippen MR) is 41.0 cm³/mol. The molecule has 6 nitrogen and oxygen atoms in total. The zero-order valence-electron chi connectivity index (χ0n) is 6.19. The highest BCUT2D eigenvalue weighted by Crippen LogP contribution is 1.88. The van der Waals surface area contributed by atoms with Crippen molar-refractivity contribution in [1.29, 1.82) is 0 Å². The minimum Gasteiger partial charge on any atom is -0.209 e. The van der Waals surface area contributed by atoms with Crippen molar-refractivity contribution >= 4 is 10.2 Å². The van der Waals surface area contributed by atoms with Gasteiger partial charge in [0.2, 0.25) is 0 Å². The van der Waals surface area contributed by atoms with Gasteiger partial charge < -0.3 is 0 Å². The summed E-state index contributed by atoms with van der Waals surface area (Å²) in [4.78, 5) is 2.16. The summed E-state index contributed by atoms with van der Waals surface area (Å²) in [5.41, 5.74) is 7.80. The van der Waals surface area contributed by atoms with Gasteiger partial charge in [0, 0.05) is 16.0 Å². The van der Waals surface area contributed by atoms with Crippen LogP contribution in [0.25, 0.3) is 10.4 Å². The first-order valence-corrected chi connectivity index (χ1v) is 4.62. The van der Waals surface area contributed by atoms with Crippen LogP contribution in [0, 0.1) is 0 Å². The number of nitrogens with one attached hydrogen (secondary N) is 1. The van der Waals surface area contributed by atoms with Gasteiger partial charge in [-0.1, -0.05) is 13.3 Å². The second kappa shape index (κ2) is 4.95. The van der Waals surface area contributed by atoms with Crippen molar-refractivity contribution in [3.63, 3.8) is 0 Å². The number of azide groups is 1. The lowest BCUT2D eigenvalue weighted by molar-refractivity contribution is 0.580. The zero-order valence-corrected chi connectivity index (χ0v) is 7.00. The second-order valence-corrected chi connectivity index (χ2v) is 3.30. The largest absolute Gasteiger partial charge is 0.300 e. The predicted octanol–water partition coefficient (Wildman–Crippen LogP) is 0.931. The van der Waals surface area contributed by atoms with E-state index in [1.54, 1.807) is 0 Å². The van der Waals surface area contributed by atoms with E-state index in [0.29, 0.717) is 6.54 Å². The lowest BCUT2D eigenvalue weighted by atomic mass is 10.3. The Kier molecular flexibility index (Phi) is 4.60. The second-order valence-electron chi connectivity index (χ2n) is 1.89. The molecule has 0 fully saturated rings. The molecule has 0 aromatic carbocycles. The lowest BCUT2D eigenvalue weighted by Crippen LogP contribution is -2.21. The highest BCUT2D eigenvalue weighted by Gasteiger charge is 2.03. The van der Waals surface area contributed by atoms with E-state index in [1.807, 2.05) is 6.92 Å². The number of hydrogen-bond donors (Lipinski definition) is 1. The quantitative estimate of drug-likeness (QED) is 0.293. The zero-order chi connectivity index (χ0) is 8.74. The third-order valence-corrected chi connectivity index (χ3v) is 1.82. The molecule has 0 atom stereocenters. The van der Waals surface area contributed by atoms with E-state index in [2.05, 4.69) is 14.2 Å². The van der Waals surface area contributed by atoms with Crippen molar-refractivity contribution in [2.75, 3.05) is 6.54 Å². The minimum absolute atomic E-state index is 0.317. The number of unbranched alkanes of at least 4 members (excludes halogenated alkanes) is 1. The molecule has 0 spiro atoms. The molecule has 0 aromatic heterocycles. The first-order chi connectivity index (χ1) is 5.12. The molecular weight excluding hydrogens is 168 g/mol. The van der Waals surface area contributed by atoms with E-state index in [4.69, 9.17) is 5.53 Å². The summed E-state index contributed by atoms with van der Waals surface area (Å²) in [5, 5.41) is 0. The van der Waals surface area contributed by atoms with Crippen LogP contribution in [0.4, 0.5) is 0 Å². The van der Waals surface area contributed by atoms with Gasteiger partial charge in [0.05, 0.1) is 0 Å². The third-order valence-electron chi connectivity index (χ3n) is 0.959. The molecule has 0 aromatic rings. The van der Waals surface area contributed by atoms with Gasteiger partial charge in [-0.2, -0.15) is 0 Å². The Morgan fingerprint density at radius 1 is 1.64 bits per heavy atom. The molecule has 0 rings (SSSR count). The van der Waals surface area contributed by atoms with E-state index >= 15 is 0 Å². The molecule has 0 unspecified atom stereocenters. The molecule has 0 amide bonds. The molecule has 64 valence electrons. The van der Waals surface area contributed by atoms with Gasteiger partial charge in [-0.05, 0) is 12.0 Å². The van der Waals surface area contributed by atoms with Crippen molar-refractivity contribution in [3.05, 3.63) is 10.4 Å². The Bertz CT molecular complexity index is 241. The molecule has 7 heteroatoms. The summed E-state index contributed by atoms with van der Waals surface area (Å²) in [6, 6.07) is 0. The van der Waals surface area contributed by atoms with Crippen molar-refractivity contribution < 1.29 is 8.42 Å². The number of nitrogens with zero attached hydrogens (tertiary/aromatic N) is 3. The van der Waals surface area contributed by atoms with Crippen LogP contribution in [0.3, 0.4) is 0 Å². The van der Waals surface area contributed by atoms with Gasteiger partial charge in [0.15, 0.2) is 0 Å². The number of rotatable bonds is 5. The maximum Gasteiger partial charge on any atom is 0.300 e. The van der Waals surface area contributed by atoms with Crippen molar-refractivity contribution in [1.82, 2.24) is 4.72 Å². The average molecular weight is 178 g/mol. The van der Waals surface area contributed by atoms with Crippen LogP contribution < -0.4 is 4.72 Å². The Morgan fingerprint density at radius 3 is 2.73 bits per heavy atom. The number of hydrogen-bond acceptors (Lipinski definition) is 2. The molecule has 0 saturated carbocycles. The van der Waals surface area contributed by atoms with Crippen LogP contribution >= 0.6 is 0 Å². The summed E-state index contributed by atoms with van der Waals surface area (Å²) in [6.07, 6.45) is 1.62. The molecular formula is C4H10N4O2S. The fourth-order valence-corrected chi connectivity index (χ4v) is 1.01. The van der Waals surface area contributed by atoms with Crippen LogP contribution in [0.2, 0.25) is 0 Å². The minimum atomic E-state index is -3.75. The summed E-state index contributed by atoms with van der Waals surface area (Å²) < 4.78 is 25.8. The molecule has 1 N–H and O–H groups in total. The fourth-order valence-electron chi connectivity index (χ4n) is 0.455. The average Bonchev–Trinajstić information content (AvgIpc) is 1.87. The van der Waals surface area contributed by atoms with Gasteiger partial charge in [0.1, 0.15) is 0 Å². The third kappa shape index (κ3) is 5.65. The molecule has 11 heavy (non-hydrogen) atoms. The summed E-state index contributed by atoms with van der Waals surface area (Å²) in [5.74, 6) is 0. The summed E-state index contributed by atoms with van der Waals surface area (Å²) >= 11 is 0. The van der Waals surface area contributed by atoms with E-state index < -0.39 is 10.2 Å². The van der Waals surface area contributed by atoms with Crippen LogP contribution in [0.5, 0.6) is 0 Å². The molecule has 0 aliphatic carbocycles. The smallest absolute Gasteiger partial charge is 0.209 e. The SMILES string of the molecule is CCCCNS(=O)(=O)N=[N+]=[N-]. The van der Waals surface area contributed by atoms with E-state index in [1.165, 1.54) is 0 Å². The molecule has 0 bridgehead atoms. The Labute approximate surface area is 65.4 Å². The van der Waals surface area contributed by atoms with Gasteiger partial charge in [-0.3, -0.25) is 0 Å². The van der Waals surface area contributed by atoms with E-state index in [-0.39, 0.29) is 0 Å². The van der Waals surface area contributed by atoms with Gasteiger partial charge in [-0.15, -0.1) is 0 Å². The van der Waals surface area contributed by atoms with Gasteiger partial charge >= 0.3 is 0 Å². The van der Waals surface area contributed by atoms with Crippen molar-refractivity contribution in [2.45, 2.75) is 19.8 Å². The topological polar surface area (TPSA) is 94.9 Å². The monoisotopic (exact) mass is 178 g/mol. The van der Waals surface area contributed by atoms with E-state index in [9.17, 15) is 8.42 Å². The summed E-state index contributed by atoms with van der Waals surface area (Å²) in [7, 11) is -3.75. The van der Waals surface area contributed by atoms with Crippen LogP contribution in [-0.2, 0) is 10.2 Å². The molecule has 0 aliphatic rings. The summed E-state index contributed by atoms with van der Waals surface area (Å²) in [6.45, 7) is 2.25. The van der Waals surface area contributed by atoms with Crippen LogP contribution in [0.1, 0.15) is 19.8 Å². The molecule has 0 aliphatic heterocycles. The van der Waals surface area contributed by atoms with Crippen LogP contribution in [-0.4, -0.2) is 15.0 Å². The highest BCUT2D eigenvalue weighted by atomic mass is 32.2. The van der Waals surface area contributed by atoms with Crippen molar-refractivity contribution in [3.8, 4) is 0 Å².